The van der Waals surface area contributed by atoms with E-state index in [-0.39, 0.29) is 0 Å². The van der Waals surface area contributed by atoms with Gasteiger partial charge in [0.25, 0.3) is 0 Å². The third kappa shape index (κ3) is 4.50. The molecule has 3 heteroatoms. The second-order valence-electron chi connectivity index (χ2n) is 5.68. The molecule has 1 aliphatic heterocycles. The number of hydrogen-bond donors (Lipinski definition) is 1. The standard InChI is InChI=1S/C17H28N2O/c1-3-6-16(14-20-2)18-13-15-7-9-17(10-8-15)19-11-4-5-12-19/h7-10,16,18H,3-6,11-14H2,1-2H3. The Morgan fingerprint density at radius 2 is 1.90 bits per heavy atom. The Labute approximate surface area is 123 Å². The summed E-state index contributed by atoms with van der Waals surface area (Å²) in [4.78, 5) is 2.47. The van der Waals surface area contributed by atoms with Gasteiger partial charge in [-0.05, 0) is 37.0 Å². The molecule has 1 atom stereocenters. The Morgan fingerprint density at radius 3 is 2.50 bits per heavy atom. The van der Waals surface area contributed by atoms with Gasteiger partial charge in [-0.1, -0.05) is 25.5 Å². The van der Waals surface area contributed by atoms with E-state index < -0.39 is 0 Å². The molecule has 0 aliphatic carbocycles. The first kappa shape index (κ1) is 15.3. The van der Waals surface area contributed by atoms with Crippen LogP contribution in [0, 0.1) is 0 Å². The smallest absolute Gasteiger partial charge is 0.0615 e. The lowest BCUT2D eigenvalue weighted by molar-refractivity contribution is 0.161. The van der Waals surface area contributed by atoms with Crippen molar-refractivity contribution in [2.75, 3.05) is 31.7 Å². The van der Waals surface area contributed by atoms with Gasteiger partial charge in [0.15, 0.2) is 0 Å². The van der Waals surface area contributed by atoms with Crippen LogP contribution < -0.4 is 10.2 Å². The van der Waals surface area contributed by atoms with Crippen LogP contribution in [0.2, 0.25) is 0 Å². The molecule has 112 valence electrons. The predicted octanol–water partition coefficient (Wildman–Crippen LogP) is 3.19. The zero-order valence-corrected chi connectivity index (χ0v) is 12.9. The predicted molar refractivity (Wildman–Crippen MR) is 85.3 cm³/mol. The maximum absolute atomic E-state index is 5.26. The monoisotopic (exact) mass is 276 g/mol. The summed E-state index contributed by atoms with van der Waals surface area (Å²) < 4.78 is 5.26. The minimum absolute atomic E-state index is 0.461. The van der Waals surface area contributed by atoms with E-state index in [0.29, 0.717) is 6.04 Å². The van der Waals surface area contributed by atoms with Crippen molar-refractivity contribution >= 4 is 5.69 Å². The molecule has 2 rings (SSSR count). The summed E-state index contributed by atoms with van der Waals surface area (Å²) in [7, 11) is 1.77. The highest BCUT2D eigenvalue weighted by Gasteiger charge is 2.12. The topological polar surface area (TPSA) is 24.5 Å². The Morgan fingerprint density at radius 1 is 1.20 bits per heavy atom. The highest BCUT2D eigenvalue weighted by Crippen LogP contribution is 2.20. The van der Waals surface area contributed by atoms with Gasteiger partial charge >= 0.3 is 0 Å². The van der Waals surface area contributed by atoms with Crippen LogP contribution in [0.15, 0.2) is 24.3 Å². The fraction of sp³-hybridized carbons (Fsp3) is 0.647. The molecule has 1 heterocycles. The van der Waals surface area contributed by atoms with E-state index in [2.05, 4.69) is 41.4 Å². The molecule has 3 nitrogen and oxygen atoms in total. The van der Waals surface area contributed by atoms with Crippen LogP contribution in [0.1, 0.15) is 38.2 Å². The molecule has 0 radical (unpaired) electrons. The van der Waals surface area contributed by atoms with E-state index in [9.17, 15) is 0 Å². The second-order valence-corrected chi connectivity index (χ2v) is 5.68. The van der Waals surface area contributed by atoms with Crippen LogP contribution in [-0.2, 0) is 11.3 Å². The quantitative estimate of drug-likeness (QED) is 0.789. The van der Waals surface area contributed by atoms with Crippen molar-refractivity contribution in [1.29, 1.82) is 0 Å². The van der Waals surface area contributed by atoms with E-state index in [4.69, 9.17) is 4.74 Å². The molecule has 0 aromatic heterocycles. The summed E-state index contributed by atoms with van der Waals surface area (Å²) in [5, 5.41) is 3.59. The van der Waals surface area contributed by atoms with Crippen LogP contribution in [0.4, 0.5) is 5.69 Å². The normalized spacial score (nSPS) is 16.6. The molecule has 20 heavy (non-hydrogen) atoms. The number of methoxy groups -OCH3 is 1. The zero-order valence-electron chi connectivity index (χ0n) is 12.9. The minimum atomic E-state index is 0.461. The number of anilines is 1. The van der Waals surface area contributed by atoms with Crippen LogP contribution in [-0.4, -0.2) is 32.8 Å². The van der Waals surface area contributed by atoms with Gasteiger partial charge in [-0.15, -0.1) is 0 Å². The van der Waals surface area contributed by atoms with Crippen molar-refractivity contribution in [3.63, 3.8) is 0 Å². The number of nitrogens with one attached hydrogen (secondary N) is 1. The second kappa shape index (κ2) is 8.28. The fourth-order valence-electron chi connectivity index (χ4n) is 2.86. The average molecular weight is 276 g/mol. The van der Waals surface area contributed by atoms with E-state index in [1.54, 1.807) is 7.11 Å². The number of benzene rings is 1. The van der Waals surface area contributed by atoms with Crippen LogP contribution in [0.5, 0.6) is 0 Å². The van der Waals surface area contributed by atoms with Gasteiger partial charge in [-0.2, -0.15) is 0 Å². The molecule has 1 unspecified atom stereocenters. The molecule has 1 aromatic carbocycles. The molecule has 1 aliphatic rings. The summed E-state index contributed by atoms with van der Waals surface area (Å²) in [6, 6.07) is 9.47. The number of nitrogens with zero attached hydrogens (tertiary/aromatic N) is 1. The van der Waals surface area contributed by atoms with E-state index in [0.717, 1.165) is 13.2 Å². The Hall–Kier alpha value is -1.06. The maximum Gasteiger partial charge on any atom is 0.0615 e. The van der Waals surface area contributed by atoms with Gasteiger partial charge < -0.3 is 15.0 Å². The lowest BCUT2D eigenvalue weighted by atomic mass is 10.1. The van der Waals surface area contributed by atoms with Crippen molar-refractivity contribution in [2.24, 2.45) is 0 Å². The molecule has 0 bridgehead atoms. The summed E-state index contributed by atoms with van der Waals surface area (Å²) in [5.41, 5.74) is 2.72. The molecule has 0 amide bonds. The summed E-state index contributed by atoms with van der Waals surface area (Å²) in [5.74, 6) is 0. The third-order valence-electron chi connectivity index (χ3n) is 4.01. The first-order valence-corrected chi connectivity index (χ1v) is 7.89. The largest absolute Gasteiger partial charge is 0.383 e. The molecule has 1 N–H and O–H groups in total. The minimum Gasteiger partial charge on any atom is -0.383 e. The molecule has 1 aromatic rings. The van der Waals surface area contributed by atoms with Gasteiger partial charge in [0, 0.05) is 38.5 Å². The van der Waals surface area contributed by atoms with Crippen molar-refractivity contribution in [2.45, 2.75) is 45.2 Å². The molecule has 1 saturated heterocycles. The number of hydrogen-bond acceptors (Lipinski definition) is 3. The SMILES string of the molecule is CCCC(COC)NCc1ccc(N2CCCC2)cc1. The lowest BCUT2D eigenvalue weighted by Crippen LogP contribution is -2.32. The highest BCUT2D eigenvalue weighted by molar-refractivity contribution is 5.48. The van der Waals surface area contributed by atoms with Gasteiger partial charge in [-0.3, -0.25) is 0 Å². The van der Waals surface area contributed by atoms with E-state index in [1.165, 1.54) is 50.0 Å². The third-order valence-corrected chi connectivity index (χ3v) is 4.01. The fourth-order valence-corrected chi connectivity index (χ4v) is 2.86. The van der Waals surface area contributed by atoms with Crippen molar-refractivity contribution in [3.05, 3.63) is 29.8 Å². The zero-order chi connectivity index (χ0) is 14.2. The average Bonchev–Trinajstić information content (AvgIpc) is 3.00. The van der Waals surface area contributed by atoms with Crippen LogP contribution in [0.3, 0.4) is 0 Å². The molecule has 1 fully saturated rings. The molecular formula is C17H28N2O. The molecule has 0 saturated carbocycles. The van der Waals surface area contributed by atoms with Crippen LogP contribution in [0.25, 0.3) is 0 Å². The molecular weight excluding hydrogens is 248 g/mol. The van der Waals surface area contributed by atoms with Gasteiger partial charge in [0.05, 0.1) is 6.61 Å². The van der Waals surface area contributed by atoms with Gasteiger partial charge in [0.1, 0.15) is 0 Å². The Bertz CT molecular complexity index is 365. The molecule has 0 spiro atoms. The number of ether oxygens (including phenoxy) is 1. The van der Waals surface area contributed by atoms with Gasteiger partial charge in [0.2, 0.25) is 0 Å². The first-order valence-electron chi connectivity index (χ1n) is 7.89. The van der Waals surface area contributed by atoms with E-state index in [1.807, 2.05) is 0 Å². The van der Waals surface area contributed by atoms with Crippen molar-refractivity contribution in [3.8, 4) is 0 Å². The maximum atomic E-state index is 5.26. The van der Waals surface area contributed by atoms with Crippen molar-refractivity contribution in [1.82, 2.24) is 5.32 Å². The van der Waals surface area contributed by atoms with Crippen molar-refractivity contribution < 1.29 is 4.74 Å². The van der Waals surface area contributed by atoms with Gasteiger partial charge in [-0.25, -0.2) is 0 Å². The summed E-state index contributed by atoms with van der Waals surface area (Å²) in [6.07, 6.45) is 5.02. The highest BCUT2D eigenvalue weighted by atomic mass is 16.5. The lowest BCUT2D eigenvalue weighted by Gasteiger charge is -2.19. The van der Waals surface area contributed by atoms with Crippen LogP contribution >= 0.6 is 0 Å². The summed E-state index contributed by atoms with van der Waals surface area (Å²) in [6.45, 7) is 6.36. The van der Waals surface area contributed by atoms with E-state index >= 15 is 0 Å². The first-order chi connectivity index (χ1) is 9.83. The Kier molecular flexibility index (Phi) is 6.34. The summed E-state index contributed by atoms with van der Waals surface area (Å²) >= 11 is 0. The number of rotatable bonds is 8. The Balaban J connectivity index is 1.83.